The average Bonchev–Trinajstić information content (AvgIpc) is 3.08. The molecule has 1 amide bonds. The fraction of sp³-hybridized carbons (Fsp3) is 0.211. The third kappa shape index (κ3) is 2.55. The normalized spacial score (nSPS) is 13.7. The Kier molecular flexibility index (Phi) is 3.72. The smallest absolute Gasteiger partial charge is 0.255 e. The van der Waals surface area contributed by atoms with E-state index >= 15 is 0 Å². The molecule has 6 heteroatoms. The van der Waals surface area contributed by atoms with Crippen LogP contribution in [0.2, 0.25) is 0 Å². The van der Waals surface area contributed by atoms with Gasteiger partial charge in [-0.15, -0.1) is 5.10 Å². The van der Waals surface area contributed by atoms with Gasteiger partial charge in [-0.2, -0.15) is 0 Å². The van der Waals surface area contributed by atoms with Crippen molar-refractivity contribution in [3.05, 3.63) is 59.8 Å². The van der Waals surface area contributed by atoms with Crippen molar-refractivity contribution in [3.63, 3.8) is 0 Å². The Morgan fingerprint density at radius 1 is 1.12 bits per heavy atom. The third-order valence-corrected chi connectivity index (χ3v) is 4.50. The van der Waals surface area contributed by atoms with Crippen LogP contribution in [-0.4, -0.2) is 46.5 Å². The van der Waals surface area contributed by atoms with Crippen LogP contribution in [0.4, 0.5) is 0 Å². The Morgan fingerprint density at radius 2 is 1.96 bits per heavy atom. The van der Waals surface area contributed by atoms with E-state index < -0.39 is 0 Å². The van der Waals surface area contributed by atoms with Crippen LogP contribution in [0.3, 0.4) is 0 Å². The van der Waals surface area contributed by atoms with Crippen LogP contribution in [0.1, 0.15) is 16.1 Å². The van der Waals surface area contributed by atoms with Crippen LogP contribution in [-0.2, 0) is 6.42 Å². The van der Waals surface area contributed by atoms with Crippen LogP contribution in [0.5, 0.6) is 5.75 Å². The van der Waals surface area contributed by atoms with Crippen LogP contribution in [0, 0.1) is 0 Å². The van der Waals surface area contributed by atoms with Gasteiger partial charge in [0.15, 0.2) is 0 Å². The van der Waals surface area contributed by atoms with E-state index in [1.807, 2.05) is 55.6 Å². The third-order valence-electron chi connectivity index (χ3n) is 4.50. The van der Waals surface area contributed by atoms with Crippen molar-refractivity contribution in [3.8, 4) is 22.7 Å². The molecule has 126 valence electrons. The predicted octanol–water partition coefficient (Wildman–Crippen LogP) is 2.57. The summed E-state index contributed by atoms with van der Waals surface area (Å²) >= 11 is 0. The van der Waals surface area contributed by atoms with Gasteiger partial charge in [0.05, 0.1) is 24.1 Å². The molecule has 0 saturated heterocycles. The molecule has 2 heterocycles. The number of nitrogens with zero attached hydrogens (tertiary/aromatic N) is 4. The Labute approximate surface area is 145 Å². The first-order valence-corrected chi connectivity index (χ1v) is 8.13. The number of carbonyl (C=O) groups is 1. The van der Waals surface area contributed by atoms with Crippen LogP contribution in [0.25, 0.3) is 16.9 Å². The van der Waals surface area contributed by atoms with Gasteiger partial charge in [0.2, 0.25) is 0 Å². The topological polar surface area (TPSA) is 60.3 Å². The number of ether oxygens (including phenoxy) is 1. The first-order chi connectivity index (χ1) is 12.2. The lowest BCUT2D eigenvalue weighted by molar-refractivity contribution is 0.0793. The number of benzene rings is 2. The molecule has 0 unspecified atom stereocenters. The molecule has 6 nitrogen and oxygen atoms in total. The first kappa shape index (κ1) is 15.4. The highest BCUT2D eigenvalue weighted by molar-refractivity contribution is 5.98. The zero-order chi connectivity index (χ0) is 17.4. The van der Waals surface area contributed by atoms with Gasteiger partial charge in [-0.25, -0.2) is 4.68 Å². The maximum atomic E-state index is 12.6. The molecule has 0 radical (unpaired) electrons. The SMILES string of the molecule is COc1cccc(-c2nnn3c2CCN(C)C(=O)c2ccccc2-3)c1. The number of carbonyl (C=O) groups excluding carboxylic acids is 1. The van der Waals surface area contributed by atoms with Gasteiger partial charge in [-0.05, 0) is 24.3 Å². The van der Waals surface area contributed by atoms with Gasteiger partial charge < -0.3 is 9.64 Å². The molecule has 2 aromatic carbocycles. The molecule has 3 aromatic rings. The van der Waals surface area contributed by atoms with Gasteiger partial charge in [0, 0.05) is 25.6 Å². The number of methoxy groups -OCH3 is 1. The van der Waals surface area contributed by atoms with Gasteiger partial charge >= 0.3 is 0 Å². The van der Waals surface area contributed by atoms with Crippen LogP contribution >= 0.6 is 0 Å². The summed E-state index contributed by atoms with van der Waals surface area (Å²) in [4.78, 5) is 14.3. The van der Waals surface area contributed by atoms with Crippen LogP contribution in [0.15, 0.2) is 48.5 Å². The summed E-state index contributed by atoms with van der Waals surface area (Å²) in [6.45, 7) is 0.609. The molecule has 0 bridgehead atoms. The number of hydrogen-bond donors (Lipinski definition) is 0. The molecule has 1 aliphatic rings. The molecule has 0 atom stereocenters. The largest absolute Gasteiger partial charge is 0.497 e. The second-order valence-corrected chi connectivity index (χ2v) is 6.02. The van der Waals surface area contributed by atoms with E-state index in [0.29, 0.717) is 18.5 Å². The zero-order valence-electron chi connectivity index (χ0n) is 14.1. The average molecular weight is 334 g/mol. The van der Waals surface area contributed by atoms with Crippen molar-refractivity contribution in [2.75, 3.05) is 20.7 Å². The van der Waals surface area contributed by atoms with Crippen molar-refractivity contribution in [2.24, 2.45) is 0 Å². The molecule has 1 aliphatic heterocycles. The summed E-state index contributed by atoms with van der Waals surface area (Å²) in [5.41, 5.74) is 4.15. The van der Waals surface area contributed by atoms with Gasteiger partial charge in [0.1, 0.15) is 11.4 Å². The lowest BCUT2D eigenvalue weighted by Crippen LogP contribution is -2.32. The monoisotopic (exact) mass is 334 g/mol. The molecule has 0 spiro atoms. The molecule has 25 heavy (non-hydrogen) atoms. The second kappa shape index (κ2) is 6.05. The molecular weight excluding hydrogens is 316 g/mol. The highest BCUT2D eigenvalue weighted by atomic mass is 16.5. The summed E-state index contributed by atoms with van der Waals surface area (Å²) in [7, 11) is 3.47. The van der Waals surface area contributed by atoms with E-state index in [1.165, 1.54) is 0 Å². The van der Waals surface area contributed by atoms with Crippen molar-refractivity contribution in [2.45, 2.75) is 6.42 Å². The van der Waals surface area contributed by atoms with E-state index in [9.17, 15) is 4.79 Å². The summed E-state index contributed by atoms with van der Waals surface area (Å²) in [5, 5.41) is 8.75. The standard InChI is InChI=1S/C19H18N4O2/c1-22-11-10-17-18(13-6-5-7-14(12-13)25-2)20-21-23(17)16-9-4-3-8-15(16)19(22)24/h3-9,12H,10-11H2,1-2H3. The quantitative estimate of drug-likeness (QED) is 0.723. The number of amides is 1. The van der Waals surface area contributed by atoms with E-state index in [-0.39, 0.29) is 5.91 Å². The number of hydrogen-bond acceptors (Lipinski definition) is 4. The lowest BCUT2D eigenvalue weighted by atomic mass is 10.1. The van der Waals surface area contributed by atoms with Crippen molar-refractivity contribution in [1.82, 2.24) is 19.9 Å². The highest BCUT2D eigenvalue weighted by Gasteiger charge is 2.25. The molecule has 0 aliphatic carbocycles. The van der Waals surface area contributed by atoms with Crippen molar-refractivity contribution >= 4 is 5.91 Å². The Balaban J connectivity index is 1.91. The van der Waals surface area contributed by atoms with E-state index in [4.69, 9.17) is 4.74 Å². The van der Waals surface area contributed by atoms with Gasteiger partial charge in [-0.1, -0.05) is 29.5 Å². The fourth-order valence-electron chi connectivity index (χ4n) is 3.13. The van der Waals surface area contributed by atoms with Gasteiger partial charge in [0.25, 0.3) is 5.91 Å². The van der Waals surface area contributed by atoms with Crippen LogP contribution < -0.4 is 4.74 Å². The minimum atomic E-state index is -0.000296. The van der Waals surface area contributed by atoms with E-state index in [0.717, 1.165) is 28.4 Å². The molecular formula is C19H18N4O2. The van der Waals surface area contributed by atoms with Gasteiger partial charge in [-0.3, -0.25) is 4.79 Å². The minimum absolute atomic E-state index is 0.000296. The molecule has 1 aromatic heterocycles. The van der Waals surface area contributed by atoms with Crippen molar-refractivity contribution in [1.29, 1.82) is 0 Å². The predicted molar refractivity (Wildman–Crippen MR) is 94.0 cm³/mol. The molecule has 4 rings (SSSR count). The van der Waals surface area contributed by atoms with E-state index in [1.54, 1.807) is 16.7 Å². The minimum Gasteiger partial charge on any atom is -0.497 e. The maximum Gasteiger partial charge on any atom is 0.255 e. The van der Waals surface area contributed by atoms with Crippen molar-refractivity contribution < 1.29 is 9.53 Å². The summed E-state index contributed by atoms with van der Waals surface area (Å²) < 4.78 is 7.11. The second-order valence-electron chi connectivity index (χ2n) is 6.02. The summed E-state index contributed by atoms with van der Waals surface area (Å²) in [6, 6.07) is 15.3. The number of para-hydroxylation sites is 1. The lowest BCUT2D eigenvalue weighted by Gasteiger charge is -2.23. The Morgan fingerprint density at radius 3 is 2.80 bits per heavy atom. The molecule has 0 fully saturated rings. The summed E-state index contributed by atoms with van der Waals surface area (Å²) in [5.74, 6) is 0.775. The fourth-order valence-corrected chi connectivity index (χ4v) is 3.13. The summed E-state index contributed by atoms with van der Waals surface area (Å²) in [6.07, 6.45) is 0.677. The molecule has 0 N–H and O–H groups in total. The number of aromatic nitrogens is 3. The highest BCUT2D eigenvalue weighted by Crippen LogP contribution is 2.29. The Bertz CT molecular complexity index is 948. The first-order valence-electron chi connectivity index (χ1n) is 8.13. The Hall–Kier alpha value is -3.15. The molecule has 0 saturated carbocycles. The maximum absolute atomic E-state index is 12.6. The zero-order valence-corrected chi connectivity index (χ0v) is 14.1. The number of rotatable bonds is 2. The van der Waals surface area contributed by atoms with E-state index in [2.05, 4.69) is 10.3 Å². The number of fused-ring (bicyclic) bond motifs is 3. The number of likely N-dealkylation sites (N-methyl/N-ethyl adjacent to an activating group) is 1.